The molecule has 0 aliphatic carbocycles. The first-order valence-electron chi connectivity index (χ1n) is 6.62. The van der Waals surface area contributed by atoms with Crippen LogP contribution in [0.4, 0.5) is 5.13 Å². The number of benzene rings is 1. The Balaban J connectivity index is 1.69. The number of aromatic nitrogens is 2. The molecule has 0 atom stereocenters. The lowest BCUT2D eigenvalue weighted by Crippen LogP contribution is -2.11. The first-order chi connectivity index (χ1) is 10.7. The number of nitrogens with one attached hydrogen (secondary N) is 1. The van der Waals surface area contributed by atoms with E-state index in [9.17, 15) is 4.79 Å². The number of amides is 1. The van der Waals surface area contributed by atoms with Crippen LogP contribution in [0.15, 0.2) is 59.5 Å². The Morgan fingerprint density at radius 3 is 2.73 bits per heavy atom. The monoisotopic (exact) mass is 373 g/mol. The van der Waals surface area contributed by atoms with Crippen molar-refractivity contribution in [2.75, 3.05) is 5.32 Å². The standard InChI is InChI=1S/C16H12BrN3OS/c17-14-4-2-1-3-12(14)9-13-10-19-16(22-13)20-15(21)11-5-7-18-8-6-11/h1-8,10H,9H2,(H,19,20,21). The van der Waals surface area contributed by atoms with Crippen molar-refractivity contribution >= 4 is 38.3 Å². The molecule has 1 amide bonds. The van der Waals surface area contributed by atoms with Crippen molar-refractivity contribution in [3.63, 3.8) is 0 Å². The average molecular weight is 374 g/mol. The number of thiazole rings is 1. The van der Waals surface area contributed by atoms with Crippen LogP contribution in [0, 0.1) is 0 Å². The van der Waals surface area contributed by atoms with E-state index in [-0.39, 0.29) is 5.91 Å². The van der Waals surface area contributed by atoms with Gasteiger partial charge in [0.05, 0.1) is 0 Å². The largest absolute Gasteiger partial charge is 0.298 e. The summed E-state index contributed by atoms with van der Waals surface area (Å²) in [5.41, 5.74) is 1.76. The van der Waals surface area contributed by atoms with E-state index >= 15 is 0 Å². The van der Waals surface area contributed by atoms with E-state index in [0.717, 1.165) is 15.8 Å². The second kappa shape index (κ2) is 6.81. The third kappa shape index (κ3) is 3.58. The highest BCUT2D eigenvalue weighted by Crippen LogP contribution is 2.25. The SMILES string of the molecule is O=C(Nc1ncc(Cc2ccccc2Br)s1)c1ccncc1. The summed E-state index contributed by atoms with van der Waals surface area (Å²) >= 11 is 5.02. The normalized spacial score (nSPS) is 10.4. The fourth-order valence-electron chi connectivity index (χ4n) is 1.95. The Morgan fingerprint density at radius 2 is 1.95 bits per heavy atom. The number of carbonyl (C=O) groups is 1. The molecule has 110 valence electrons. The molecular weight excluding hydrogens is 362 g/mol. The highest BCUT2D eigenvalue weighted by molar-refractivity contribution is 9.10. The Hall–Kier alpha value is -2.05. The molecule has 0 fully saturated rings. The van der Waals surface area contributed by atoms with Crippen LogP contribution in [-0.4, -0.2) is 15.9 Å². The topological polar surface area (TPSA) is 54.9 Å². The van der Waals surface area contributed by atoms with Crippen LogP contribution in [0.2, 0.25) is 0 Å². The molecule has 2 aromatic heterocycles. The van der Waals surface area contributed by atoms with Crippen LogP contribution in [0.5, 0.6) is 0 Å². The van der Waals surface area contributed by atoms with Crippen LogP contribution in [0.1, 0.15) is 20.8 Å². The van der Waals surface area contributed by atoms with Gasteiger partial charge in [0.25, 0.3) is 5.91 Å². The van der Waals surface area contributed by atoms with Crippen molar-refractivity contribution in [2.45, 2.75) is 6.42 Å². The summed E-state index contributed by atoms with van der Waals surface area (Å²) in [4.78, 5) is 21.3. The van der Waals surface area contributed by atoms with Gasteiger partial charge >= 0.3 is 0 Å². The molecule has 0 saturated carbocycles. The summed E-state index contributed by atoms with van der Waals surface area (Å²) in [7, 11) is 0. The first kappa shape index (κ1) is 14.9. The van der Waals surface area contributed by atoms with Gasteiger partial charge in [-0.2, -0.15) is 0 Å². The van der Waals surface area contributed by atoms with Crippen molar-refractivity contribution in [1.82, 2.24) is 9.97 Å². The van der Waals surface area contributed by atoms with E-state index in [1.54, 1.807) is 30.7 Å². The molecular formula is C16H12BrN3OS. The van der Waals surface area contributed by atoms with E-state index in [1.807, 2.05) is 18.2 Å². The lowest BCUT2D eigenvalue weighted by molar-refractivity contribution is 0.102. The van der Waals surface area contributed by atoms with Gasteiger partial charge in [-0.25, -0.2) is 4.98 Å². The van der Waals surface area contributed by atoms with Gasteiger partial charge in [0.2, 0.25) is 0 Å². The van der Waals surface area contributed by atoms with Gasteiger partial charge in [-0.15, -0.1) is 11.3 Å². The van der Waals surface area contributed by atoms with Crippen molar-refractivity contribution in [1.29, 1.82) is 0 Å². The highest BCUT2D eigenvalue weighted by atomic mass is 79.9. The zero-order valence-corrected chi connectivity index (χ0v) is 13.9. The number of rotatable bonds is 4. The van der Waals surface area contributed by atoms with Crippen molar-refractivity contribution in [3.05, 3.63) is 75.5 Å². The number of carbonyl (C=O) groups excluding carboxylic acids is 1. The van der Waals surface area contributed by atoms with E-state index in [0.29, 0.717) is 10.7 Å². The zero-order chi connectivity index (χ0) is 15.4. The number of pyridine rings is 1. The van der Waals surface area contributed by atoms with E-state index < -0.39 is 0 Å². The molecule has 0 bridgehead atoms. The van der Waals surface area contributed by atoms with Gasteiger partial charge in [-0.1, -0.05) is 34.1 Å². The number of nitrogens with zero attached hydrogens (tertiary/aromatic N) is 2. The van der Waals surface area contributed by atoms with Gasteiger partial charge in [-0.3, -0.25) is 15.1 Å². The average Bonchev–Trinajstić information content (AvgIpc) is 2.97. The smallest absolute Gasteiger partial charge is 0.257 e. The number of hydrogen-bond acceptors (Lipinski definition) is 4. The van der Waals surface area contributed by atoms with Crippen molar-refractivity contribution in [2.24, 2.45) is 0 Å². The van der Waals surface area contributed by atoms with Crippen LogP contribution >= 0.6 is 27.3 Å². The molecule has 2 heterocycles. The molecule has 22 heavy (non-hydrogen) atoms. The molecule has 0 spiro atoms. The van der Waals surface area contributed by atoms with Crippen LogP contribution < -0.4 is 5.32 Å². The third-order valence-corrected chi connectivity index (χ3v) is 4.73. The fraction of sp³-hybridized carbons (Fsp3) is 0.0625. The molecule has 6 heteroatoms. The molecule has 0 aliphatic heterocycles. The Morgan fingerprint density at radius 1 is 1.18 bits per heavy atom. The minimum absolute atomic E-state index is 0.177. The van der Waals surface area contributed by atoms with Crippen LogP contribution in [0.3, 0.4) is 0 Å². The van der Waals surface area contributed by atoms with E-state index in [1.165, 1.54) is 16.9 Å². The summed E-state index contributed by atoms with van der Waals surface area (Å²) in [5.74, 6) is -0.177. The Bertz CT molecular complexity index is 789. The summed E-state index contributed by atoms with van der Waals surface area (Å²) in [5, 5.41) is 3.41. The lowest BCUT2D eigenvalue weighted by atomic mass is 10.1. The lowest BCUT2D eigenvalue weighted by Gasteiger charge is -2.01. The molecule has 0 saturated heterocycles. The highest BCUT2D eigenvalue weighted by Gasteiger charge is 2.09. The molecule has 1 N–H and O–H groups in total. The predicted octanol–water partition coefficient (Wildman–Crippen LogP) is 4.14. The van der Waals surface area contributed by atoms with Crippen LogP contribution in [-0.2, 0) is 6.42 Å². The summed E-state index contributed by atoms with van der Waals surface area (Å²) in [6.45, 7) is 0. The second-order valence-electron chi connectivity index (χ2n) is 4.59. The maximum absolute atomic E-state index is 12.1. The number of anilines is 1. The minimum atomic E-state index is -0.177. The van der Waals surface area contributed by atoms with Crippen LogP contribution in [0.25, 0.3) is 0 Å². The third-order valence-electron chi connectivity index (χ3n) is 3.04. The quantitative estimate of drug-likeness (QED) is 0.747. The molecule has 1 aromatic carbocycles. The molecule has 3 aromatic rings. The Kier molecular flexibility index (Phi) is 4.60. The summed E-state index contributed by atoms with van der Waals surface area (Å²) < 4.78 is 1.07. The maximum atomic E-state index is 12.1. The Labute approximate surface area is 140 Å². The minimum Gasteiger partial charge on any atom is -0.298 e. The summed E-state index contributed by atoms with van der Waals surface area (Å²) in [6, 6.07) is 11.4. The fourth-order valence-corrected chi connectivity index (χ4v) is 3.20. The molecule has 0 unspecified atom stereocenters. The predicted molar refractivity (Wildman–Crippen MR) is 91.3 cm³/mol. The van der Waals surface area contributed by atoms with Crippen molar-refractivity contribution in [3.8, 4) is 0 Å². The van der Waals surface area contributed by atoms with Gasteiger partial charge in [-0.05, 0) is 23.8 Å². The molecule has 0 radical (unpaired) electrons. The molecule has 0 aliphatic rings. The van der Waals surface area contributed by atoms with E-state index in [4.69, 9.17) is 0 Å². The van der Waals surface area contributed by atoms with Crippen molar-refractivity contribution < 1.29 is 4.79 Å². The molecule has 4 nitrogen and oxygen atoms in total. The van der Waals surface area contributed by atoms with Gasteiger partial charge < -0.3 is 0 Å². The number of halogens is 1. The first-order valence-corrected chi connectivity index (χ1v) is 8.23. The second-order valence-corrected chi connectivity index (χ2v) is 6.56. The summed E-state index contributed by atoms with van der Waals surface area (Å²) in [6.07, 6.45) is 5.76. The van der Waals surface area contributed by atoms with Gasteiger partial charge in [0.15, 0.2) is 5.13 Å². The van der Waals surface area contributed by atoms with Gasteiger partial charge in [0.1, 0.15) is 0 Å². The van der Waals surface area contributed by atoms with E-state index in [2.05, 4.69) is 37.3 Å². The molecule has 3 rings (SSSR count). The maximum Gasteiger partial charge on any atom is 0.257 e. The zero-order valence-electron chi connectivity index (χ0n) is 11.5. The van der Waals surface area contributed by atoms with Gasteiger partial charge in [0, 0.05) is 39.9 Å². The number of hydrogen-bond donors (Lipinski definition) is 1.